The Morgan fingerprint density at radius 3 is 1.38 bits per heavy atom. The van der Waals surface area contributed by atoms with E-state index in [0.29, 0.717) is 22.5 Å². The van der Waals surface area contributed by atoms with Crippen LogP contribution in [0.1, 0.15) is 41.5 Å². The standard InChI is InChI=1S/C25H35N5O4/c1-25(2,3)34-24(33)30(16-14-28(4)22(31)18-6-10-20(26)11-7-18)17-15-29(5)23(32)19-8-12-21(27)13-9-19/h6-13H,14-17,26-27H2,1-5H3. The number of hydrogen-bond acceptors (Lipinski definition) is 6. The van der Waals surface area contributed by atoms with Crippen LogP contribution in [0.3, 0.4) is 0 Å². The van der Waals surface area contributed by atoms with Gasteiger partial charge in [-0.15, -0.1) is 0 Å². The Labute approximate surface area is 201 Å². The molecule has 2 rings (SSSR count). The zero-order chi connectivity index (χ0) is 25.5. The third-order valence-corrected chi connectivity index (χ3v) is 5.07. The van der Waals surface area contributed by atoms with Gasteiger partial charge in [0, 0.05) is 62.8 Å². The molecule has 0 aromatic heterocycles. The zero-order valence-corrected chi connectivity index (χ0v) is 20.6. The number of nitrogens with two attached hydrogens (primary N) is 2. The van der Waals surface area contributed by atoms with Crippen LogP contribution in [-0.2, 0) is 4.74 Å². The molecule has 0 bridgehead atoms. The summed E-state index contributed by atoms with van der Waals surface area (Å²) in [6, 6.07) is 13.3. The minimum Gasteiger partial charge on any atom is -0.444 e. The van der Waals surface area contributed by atoms with E-state index in [0.717, 1.165) is 0 Å². The van der Waals surface area contributed by atoms with Crippen molar-refractivity contribution in [3.8, 4) is 0 Å². The molecule has 34 heavy (non-hydrogen) atoms. The van der Waals surface area contributed by atoms with Crippen LogP contribution < -0.4 is 11.5 Å². The summed E-state index contributed by atoms with van der Waals surface area (Å²) >= 11 is 0. The van der Waals surface area contributed by atoms with E-state index in [2.05, 4.69) is 0 Å². The molecule has 4 N–H and O–H groups in total. The van der Waals surface area contributed by atoms with E-state index in [1.54, 1.807) is 83.4 Å². The number of ether oxygens (including phenoxy) is 1. The number of benzene rings is 2. The number of anilines is 2. The molecule has 9 nitrogen and oxygen atoms in total. The van der Waals surface area contributed by atoms with Crippen molar-refractivity contribution in [1.82, 2.24) is 14.7 Å². The van der Waals surface area contributed by atoms with Gasteiger partial charge < -0.3 is 30.9 Å². The second-order valence-corrected chi connectivity index (χ2v) is 9.16. The van der Waals surface area contributed by atoms with E-state index in [4.69, 9.17) is 16.2 Å². The molecule has 0 heterocycles. The SMILES string of the molecule is CN(CCN(CCN(C)C(=O)c1ccc(N)cc1)C(=O)OC(C)(C)C)C(=O)c1ccc(N)cc1. The van der Waals surface area contributed by atoms with E-state index in [-0.39, 0.29) is 38.0 Å². The molecule has 9 heteroatoms. The van der Waals surface area contributed by atoms with Gasteiger partial charge in [-0.3, -0.25) is 9.59 Å². The highest BCUT2D eigenvalue weighted by Gasteiger charge is 2.24. The quantitative estimate of drug-likeness (QED) is 0.573. The average Bonchev–Trinajstić information content (AvgIpc) is 2.77. The Morgan fingerprint density at radius 2 is 1.06 bits per heavy atom. The molecule has 0 aliphatic carbocycles. The normalized spacial score (nSPS) is 11.0. The van der Waals surface area contributed by atoms with Gasteiger partial charge in [-0.1, -0.05) is 0 Å². The van der Waals surface area contributed by atoms with Crippen molar-refractivity contribution >= 4 is 29.3 Å². The minimum absolute atomic E-state index is 0.181. The molecule has 2 aromatic rings. The van der Waals surface area contributed by atoms with Crippen molar-refractivity contribution in [2.75, 3.05) is 51.7 Å². The molecule has 0 aliphatic heterocycles. The summed E-state index contributed by atoms with van der Waals surface area (Å²) in [5.74, 6) is -0.362. The van der Waals surface area contributed by atoms with Crippen molar-refractivity contribution < 1.29 is 19.1 Å². The Balaban J connectivity index is 2.03. The molecule has 0 radical (unpaired) electrons. The minimum atomic E-state index is -0.674. The summed E-state index contributed by atoms with van der Waals surface area (Å²) in [6.45, 7) is 6.44. The van der Waals surface area contributed by atoms with Crippen LogP contribution in [0, 0.1) is 0 Å². The predicted molar refractivity (Wildman–Crippen MR) is 133 cm³/mol. The molecule has 2 aromatic carbocycles. The molecule has 0 unspecified atom stereocenters. The lowest BCUT2D eigenvalue weighted by Gasteiger charge is -2.30. The number of likely N-dealkylation sites (N-methyl/N-ethyl adjacent to an activating group) is 2. The lowest BCUT2D eigenvalue weighted by atomic mass is 10.2. The molecule has 3 amide bonds. The van der Waals surface area contributed by atoms with Gasteiger partial charge in [0.15, 0.2) is 0 Å². The first-order valence-electron chi connectivity index (χ1n) is 11.1. The first-order valence-corrected chi connectivity index (χ1v) is 11.1. The van der Waals surface area contributed by atoms with Crippen LogP contribution in [0.2, 0.25) is 0 Å². The van der Waals surface area contributed by atoms with E-state index in [9.17, 15) is 14.4 Å². The fourth-order valence-electron chi connectivity index (χ4n) is 3.06. The Bertz CT molecular complexity index is 916. The Morgan fingerprint density at radius 1 is 0.706 bits per heavy atom. The van der Waals surface area contributed by atoms with E-state index in [1.165, 1.54) is 14.7 Å². The fraction of sp³-hybridized carbons (Fsp3) is 0.400. The molecular formula is C25H35N5O4. The maximum Gasteiger partial charge on any atom is 0.410 e. The van der Waals surface area contributed by atoms with Crippen LogP contribution in [0.4, 0.5) is 16.2 Å². The number of nitrogens with zero attached hydrogens (tertiary/aromatic N) is 3. The van der Waals surface area contributed by atoms with Crippen LogP contribution in [0.25, 0.3) is 0 Å². The maximum absolute atomic E-state index is 12.8. The lowest BCUT2D eigenvalue weighted by molar-refractivity contribution is 0.0216. The number of amides is 3. The molecule has 0 atom stereocenters. The smallest absolute Gasteiger partial charge is 0.410 e. The Kier molecular flexibility index (Phi) is 8.89. The second kappa shape index (κ2) is 11.4. The van der Waals surface area contributed by atoms with Gasteiger partial charge in [-0.2, -0.15) is 0 Å². The largest absolute Gasteiger partial charge is 0.444 e. The molecule has 184 valence electrons. The summed E-state index contributed by atoms with van der Waals surface area (Å²) in [6.07, 6.45) is -0.505. The number of rotatable bonds is 8. The van der Waals surface area contributed by atoms with Crippen molar-refractivity contribution in [2.24, 2.45) is 0 Å². The van der Waals surface area contributed by atoms with Crippen molar-refractivity contribution in [3.63, 3.8) is 0 Å². The molecule has 0 spiro atoms. The fourth-order valence-corrected chi connectivity index (χ4v) is 3.06. The van der Waals surface area contributed by atoms with E-state index < -0.39 is 11.7 Å². The number of nitrogen functional groups attached to an aromatic ring is 2. The van der Waals surface area contributed by atoms with Crippen LogP contribution in [0.15, 0.2) is 48.5 Å². The number of carbonyl (C=O) groups excluding carboxylic acids is 3. The maximum atomic E-state index is 12.8. The Hall–Kier alpha value is -3.75. The molecule has 0 saturated carbocycles. The van der Waals surface area contributed by atoms with Gasteiger partial charge >= 0.3 is 6.09 Å². The first kappa shape index (κ1) is 26.5. The molecular weight excluding hydrogens is 434 g/mol. The summed E-state index contributed by atoms with van der Waals surface area (Å²) < 4.78 is 5.53. The highest BCUT2D eigenvalue weighted by molar-refractivity contribution is 5.95. The highest BCUT2D eigenvalue weighted by atomic mass is 16.6. The molecule has 0 fully saturated rings. The average molecular weight is 470 g/mol. The van der Waals surface area contributed by atoms with Gasteiger partial charge in [-0.25, -0.2) is 4.79 Å². The summed E-state index contributed by atoms with van der Waals surface area (Å²) in [7, 11) is 3.34. The van der Waals surface area contributed by atoms with Crippen molar-refractivity contribution in [3.05, 3.63) is 59.7 Å². The predicted octanol–water partition coefficient (Wildman–Crippen LogP) is 2.93. The van der Waals surface area contributed by atoms with Gasteiger partial charge in [-0.05, 0) is 69.3 Å². The van der Waals surface area contributed by atoms with Gasteiger partial charge in [0.1, 0.15) is 5.60 Å². The lowest BCUT2D eigenvalue weighted by Crippen LogP contribution is -2.45. The summed E-state index contributed by atoms with van der Waals surface area (Å²) in [4.78, 5) is 42.8. The third-order valence-electron chi connectivity index (χ3n) is 5.07. The highest BCUT2D eigenvalue weighted by Crippen LogP contribution is 2.12. The van der Waals surface area contributed by atoms with E-state index in [1.807, 2.05) is 0 Å². The van der Waals surface area contributed by atoms with Gasteiger partial charge in [0.05, 0.1) is 0 Å². The monoisotopic (exact) mass is 469 g/mol. The van der Waals surface area contributed by atoms with E-state index >= 15 is 0 Å². The summed E-state index contributed by atoms with van der Waals surface area (Å²) in [5, 5.41) is 0. The third kappa shape index (κ3) is 7.99. The van der Waals surface area contributed by atoms with Crippen molar-refractivity contribution in [2.45, 2.75) is 26.4 Å². The molecule has 0 saturated heterocycles. The van der Waals surface area contributed by atoms with Gasteiger partial charge in [0.2, 0.25) is 0 Å². The summed E-state index contributed by atoms with van der Waals surface area (Å²) in [5.41, 5.74) is 12.9. The van der Waals surface area contributed by atoms with Crippen molar-refractivity contribution in [1.29, 1.82) is 0 Å². The number of carbonyl (C=O) groups is 3. The van der Waals surface area contributed by atoms with Gasteiger partial charge in [0.25, 0.3) is 11.8 Å². The second-order valence-electron chi connectivity index (χ2n) is 9.16. The van der Waals surface area contributed by atoms with Crippen LogP contribution in [-0.4, -0.2) is 78.5 Å². The topological polar surface area (TPSA) is 122 Å². The number of hydrogen-bond donors (Lipinski definition) is 2. The molecule has 0 aliphatic rings. The zero-order valence-electron chi connectivity index (χ0n) is 20.6. The van der Waals surface area contributed by atoms with Crippen LogP contribution in [0.5, 0.6) is 0 Å². The van der Waals surface area contributed by atoms with Crippen LogP contribution >= 0.6 is 0 Å². The first-order chi connectivity index (χ1) is 15.9.